The van der Waals surface area contributed by atoms with Gasteiger partial charge in [0.1, 0.15) is 5.69 Å². The minimum Gasteiger partial charge on any atom is -0.258 e. The summed E-state index contributed by atoms with van der Waals surface area (Å²) < 4.78 is 0.486. The molecule has 0 amide bonds. The summed E-state index contributed by atoms with van der Waals surface area (Å²) in [5.74, 6) is 0. The van der Waals surface area contributed by atoms with Crippen molar-refractivity contribution in [2.75, 3.05) is 0 Å². The number of rotatable bonds is 2. The number of aryl methyl sites for hydroxylation is 1. The van der Waals surface area contributed by atoms with Crippen molar-refractivity contribution in [3.8, 4) is 0 Å². The van der Waals surface area contributed by atoms with Crippen molar-refractivity contribution in [1.82, 2.24) is 4.98 Å². The minimum absolute atomic E-state index is 0.0694. The van der Waals surface area contributed by atoms with Gasteiger partial charge in [-0.05, 0) is 28.4 Å². The molecule has 0 aliphatic rings. The maximum absolute atomic E-state index is 10.5. The Morgan fingerprint density at radius 2 is 2.42 bits per heavy atom. The van der Waals surface area contributed by atoms with Gasteiger partial charge in [-0.15, -0.1) is 0 Å². The Kier molecular flexibility index (Phi) is 2.75. The van der Waals surface area contributed by atoms with E-state index < -0.39 is 4.92 Å². The van der Waals surface area contributed by atoms with Crippen molar-refractivity contribution >= 4 is 21.6 Å². The van der Waals surface area contributed by atoms with Gasteiger partial charge in [-0.1, -0.05) is 6.92 Å². The first-order valence-corrected chi connectivity index (χ1v) is 4.24. The molecule has 1 heterocycles. The molecule has 0 spiro atoms. The third kappa shape index (κ3) is 1.61. The Morgan fingerprint density at radius 3 is 2.83 bits per heavy atom. The summed E-state index contributed by atoms with van der Waals surface area (Å²) in [5.41, 5.74) is 0.578. The zero-order chi connectivity index (χ0) is 9.14. The van der Waals surface area contributed by atoms with Crippen LogP contribution in [0, 0.1) is 10.1 Å². The number of pyridine rings is 1. The molecular weight excluding hydrogens is 224 g/mol. The number of aromatic nitrogens is 1. The highest BCUT2D eigenvalue weighted by Gasteiger charge is 2.17. The first-order valence-electron chi connectivity index (χ1n) is 3.44. The molecule has 12 heavy (non-hydrogen) atoms. The summed E-state index contributed by atoms with van der Waals surface area (Å²) in [5, 5.41) is 10.5. The van der Waals surface area contributed by atoms with E-state index in [-0.39, 0.29) is 5.69 Å². The quantitative estimate of drug-likeness (QED) is 0.579. The van der Waals surface area contributed by atoms with Gasteiger partial charge in [-0.25, -0.2) is 0 Å². The Hall–Kier alpha value is -0.970. The minimum atomic E-state index is -0.421. The second-order valence-electron chi connectivity index (χ2n) is 2.20. The molecule has 0 radical (unpaired) electrons. The summed E-state index contributed by atoms with van der Waals surface area (Å²) in [6, 6.07) is 1.57. The smallest absolute Gasteiger partial charge is 0.258 e. The van der Waals surface area contributed by atoms with Crippen LogP contribution in [0.15, 0.2) is 16.7 Å². The lowest BCUT2D eigenvalue weighted by molar-refractivity contribution is -0.386. The average molecular weight is 231 g/mol. The van der Waals surface area contributed by atoms with Crippen LogP contribution < -0.4 is 0 Å². The third-order valence-corrected chi connectivity index (χ3v) is 2.11. The molecule has 4 nitrogen and oxygen atoms in total. The SMILES string of the molecule is CCc1nccc(Br)c1[N+](=O)[O-]. The fraction of sp³-hybridized carbons (Fsp3) is 0.286. The van der Waals surface area contributed by atoms with Gasteiger partial charge in [0, 0.05) is 6.20 Å². The van der Waals surface area contributed by atoms with Gasteiger partial charge in [-0.2, -0.15) is 0 Å². The molecule has 0 atom stereocenters. The maximum atomic E-state index is 10.5. The lowest BCUT2D eigenvalue weighted by Gasteiger charge is -1.99. The molecule has 1 aromatic heterocycles. The predicted molar refractivity (Wildman–Crippen MR) is 48.0 cm³/mol. The van der Waals surface area contributed by atoms with Crippen molar-refractivity contribution in [2.24, 2.45) is 0 Å². The number of nitrogens with zero attached hydrogens (tertiary/aromatic N) is 2. The first kappa shape index (κ1) is 9.12. The topological polar surface area (TPSA) is 56.0 Å². The standard InChI is InChI=1S/C7H7BrN2O2/c1-2-6-7(10(11)12)5(8)3-4-9-6/h3-4H,2H2,1H3. The molecule has 1 aromatic rings. The van der Waals surface area contributed by atoms with Crippen LogP contribution in [0.5, 0.6) is 0 Å². The van der Waals surface area contributed by atoms with Gasteiger partial charge in [-0.3, -0.25) is 15.1 Å². The van der Waals surface area contributed by atoms with E-state index in [9.17, 15) is 10.1 Å². The second-order valence-corrected chi connectivity index (χ2v) is 3.05. The zero-order valence-corrected chi connectivity index (χ0v) is 8.04. The maximum Gasteiger partial charge on any atom is 0.304 e. The molecule has 0 aliphatic heterocycles. The molecule has 5 heteroatoms. The van der Waals surface area contributed by atoms with Gasteiger partial charge < -0.3 is 0 Å². The number of nitro groups is 1. The summed E-state index contributed by atoms with van der Waals surface area (Å²) >= 11 is 3.11. The molecule has 0 aromatic carbocycles. The molecule has 0 aliphatic carbocycles. The van der Waals surface area contributed by atoms with E-state index in [1.807, 2.05) is 6.92 Å². The van der Waals surface area contributed by atoms with E-state index >= 15 is 0 Å². The summed E-state index contributed by atoms with van der Waals surface area (Å²) in [4.78, 5) is 14.0. The molecule has 0 N–H and O–H groups in total. The van der Waals surface area contributed by atoms with Gasteiger partial charge in [0.15, 0.2) is 0 Å². The molecule has 0 bridgehead atoms. The average Bonchev–Trinajstić information content (AvgIpc) is 2.03. The molecule has 0 saturated heterocycles. The highest BCUT2D eigenvalue weighted by Crippen LogP contribution is 2.26. The van der Waals surface area contributed by atoms with Crippen molar-refractivity contribution in [2.45, 2.75) is 13.3 Å². The van der Waals surface area contributed by atoms with Crippen LogP contribution in [-0.2, 0) is 6.42 Å². The van der Waals surface area contributed by atoms with E-state index in [0.29, 0.717) is 16.6 Å². The van der Waals surface area contributed by atoms with E-state index in [0.717, 1.165) is 0 Å². The van der Waals surface area contributed by atoms with Gasteiger partial charge in [0.25, 0.3) is 0 Å². The largest absolute Gasteiger partial charge is 0.304 e. The first-order chi connectivity index (χ1) is 5.66. The Balaban J connectivity index is 3.29. The van der Waals surface area contributed by atoms with Crippen LogP contribution in [0.2, 0.25) is 0 Å². The van der Waals surface area contributed by atoms with E-state index in [2.05, 4.69) is 20.9 Å². The zero-order valence-electron chi connectivity index (χ0n) is 6.45. The highest BCUT2D eigenvalue weighted by atomic mass is 79.9. The molecule has 0 saturated carbocycles. The summed E-state index contributed by atoms with van der Waals surface area (Å²) in [6.07, 6.45) is 2.12. The Labute approximate surface area is 77.9 Å². The monoisotopic (exact) mass is 230 g/mol. The Morgan fingerprint density at radius 1 is 1.75 bits per heavy atom. The second kappa shape index (κ2) is 3.62. The Bertz CT molecular complexity index is 314. The van der Waals surface area contributed by atoms with Crippen LogP contribution in [0.3, 0.4) is 0 Å². The highest BCUT2D eigenvalue weighted by molar-refractivity contribution is 9.10. The van der Waals surface area contributed by atoms with Crippen molar-refractivity contribution < 1.29 is 4.92 Å². The van der Waals surface area contributed by atoms with E-state index in [4.69, 9.17) is 0 Å². The summed E-state index contributed by atoms with van der Waals surface area (Å²) in [6.45, 7) is 1.84. The lowest BCUT2D eigenvalue weighted by atomic mass is 10.2. The van der Waals surface area contributed by atoms with Crippen LogP contribution in [0.25, 0.3) is 0 Å². The van der Waals surface area contributed by atoms with E-state index in [1.165, 1.54) is 0 Å². The van der Waals surface area contributed by atoms with Crippen LogP contribution in [0.1, 0.15) is 12.6 Å². The fourth-order valence-corrected chi connectivity index (χ4v) is 1.41. The van der Waals surface area contributed by atoms with Gasteiger partial charge in [0.05, 0.1) is 9.40 Å². The van der Waals surface area contributed by atoms with Gasteiger partial charge in [0.2, 0.25) is 0 Å². The summed E-state index contributed by atoms with van der Waals surface area (Å²) in [7, 11) is 0. The third-order valence-electron chi connectivity index (χ3n) is 1.47. The normalized spacial score (nSPS) is 9.83. The number of halogens is 1. The van der Waals surface area contributed by atoms with Crippen LogP contribution >= 0.6 is 15.9 Å². The molecule has 0 unspecified atom stereocenters. The molecule has 0 fully saturated rings. The van der Waals surface area contributed by atoms with Crippen molar-refractivity contribution in [1.29, 1.82) is 0 Å². The number of hydrogen-bond acceptors (Lipinski definition) is 3. The van der Waals surface area contributed by atoms with Crippen LogP contribution in [0.4, 0.5) is 5.69 Å². The van der Waals surface area contributed by atoms with Gasteiger partial charge >= 0.3 is 5.69 Å². The molecule has 64 valence electrons. The van der Waals surface area contributed by atoms with Crippen molar-refractivity contribution in [3.63, 3.8) is 0 Å². The molecule has 1 rings (SSSR count). The molecular formula is C7H7BrN2O2. The van der Waals surface area contributed by atoms with Crippen LogP contribution in [-0.4, -0.2) is 9.91 Å². The van der Waals surface area contributed by atoms with E-state index in [1.54, 1.807) is 12.3 Å². The number of hydrogen-bond donors (Lipinski definition) is 0. The fourth-order valence-electron chi connectivity index (χ4n) is 0.922. The lowest BCUT2D eigenvalue weighted by Crippen LogP contribution is -1.97. The van der Waals surface area contributed by atoms with Crippen molar-refractivity contribution in [3.05, 3.63) is 32.5 Å². The predicted octanol–water partition coefficient (Wildman–Crippen LogP) is 2.31.